The molecule has 162 valence electrons. The smallest absolute Gasteiger partial charge is 0.268 e. The van der Waals surface area contributed by atoms with Crippen LogP contribution in [-0.4, -0.2) is 48.5 Å². The van der Waals surface area contributed by atoms with Gasteiger partial charge in [-0.1, -0.05) is 54.1 Å². The Kier molecular flexibility index (Phi) is 6.11. The molecule has 2 amide bonds. The van der Waals surface area contributed by atoms with E-state index in [1.54, 1.807) is 12.1 Å². The van der Waals surface area contributed by atoms with E-state index < -0.39 is 21.9 Å². The van der Waals surface area contributed by atoms with Crippen LogP contribution in [0, 0.1) is 0 Å². The highest BCUT2D eigenvalue weighted by molar-refractivity contribution is 7.91. The second kappa shape index (κ2) is 8.80. The lowest BCUT2D eigenvalue weighted by atomic mass is 9.98. The number of hydrogen-bond acceptors (Lipinski definition) is 5. The number of hydrogen-bond donors (Lipinski definition) is 1. The summed E-state index contributed by atoms with van der Waals surface area (Å²) in [6.07, 6.45) is 0.673. The molecule has 1 N–H and O–H groups in total. The van der Waals surface area contributed by atoms with Crippen molar-refractivity contribution in [3.05, 3.63) is 70.7 Å². The number of halogens is 1. The quantitative estimate of drug-likeness (QED) is 0.743. The van der Waals surface area contributed by atoms with Gasteiger partial charge in [-0.3, -0.25) is 9.59 Å². The van der Waals surface area contributed by atoms with Crippen LogP contribution >= 0.6 is 11.6 Å². The Labute approximate surface area is 186 Å². The number of carbonyl (C=O) groups is 2. The van der Waals surface area contributed by atoms with Gasteiger partial charge in [-0.15, -0.1) is 0 Å². The molecule has 0 spiro atoms. The maximum atomic E-state index is 13.1. The van der Waals surface area contributed by atoms with Crippen LogP contribution in [0.1, 0.15) is 36.4 Å². The maximum Gasteiger partial charge on any atom is 0.268 e. The van der Waals surface area contributed by atoms with E-state index in [4.69, 9.17) is 11.6 Å². The molecule has 1 saturated heterocycles. The first-order valence-electron chi connectivity index (χ1n) is 10.0. The summed E-state index contributed by atoms with van der Waals surface area (Å²) in [7, 11) is -3.18. The molecule has 7 nitrogen and oxygen atoms in total. The summed E-state index contributed by atoms with van der Waals surface area (Å²) in [5, 5.41) is 9.07. The van der Waals surface area contributed by atoms with Crippen LogP contribution in [-0.2, 0) is 19.4 Å². The van der Waals surface area contributed by atoms with Gasteiger partial charge in [-0.2, -0.15) is 5.10 Å². The average Bonchev–Trinajstić information content (AvgIpc) is 3.13. The van der Waals surface area contributed by atoms with Crippen molar-refractivity contribution in [3.8, 4) is 0 Å². The first-order chi connectivity index (χ1) is 14.8. The third-order valence-electron chi connectivity index (χ3n) is 5.49. The second-order valence-electron chi connectivity index (χ2n) is 7.71. The van der Waals surface area contributed by atoms with Crippen LogP contribution in [0.5, 0.6) is 0 Å². The number of amides is 2. The maximum absolute atomic E-state index is 13.1. The number of rotatable bonds is 5. The van der Waals surface area contributed by atoms with Gasteiger partial charge in [0.05, 0.1) is 23.6 Å². The monoisotopic (exact) mass is 459 g/mol. The zero-order valence-corrected chi connectivity index (χ0v) is 18.3. The molecule has 0 aliphatic carbocycles. The summed E-state index contributed by atoms with van der Waals surface area (Å²) in [6, 6.07) is 15.8. The van der Waals surface area contributed by atoms with E-state index in [0.29, 0.717) is 11.4 Å². The highest BCUT2D eigenvalue weighted by Crippen LogP contribution is 2.25. The van der Waals surface area contributed by atoms with Crippen molar-refractivity contribution < 1.29 is 18.0 Å². The summed E-state index contributed by atoms with van der Waals surface area (Å²) in [6.45, 7) is 0. The fraction of sp³-hybridized carbons (Fsp3) is 0.318. The van der Waals surface area contributed by atoms with Crippen molar-refractivity contribution in [1.29, 1.82) is 0 Å². The first-order valence-corrected chi connectivity index (χ1v) is 12.2. The van der Waals surface area contributed by atoms with Gasteiger partial charge in [-0.05, 0) is 29.7 Å². The Bertz CT molecular complexity index is 1120. The Hall–Kier alpha value is -2.71. The molecule has 31 heavy (non-hydrogen) atoms. The predicted octanol–water partition coefficient (Wildman–Crippen LogP) is 2.71. The second-order valence-corrected chi connectivity index (χ2v) is 10.4. The number of nitrogens with zero attached hydrogens (tertiary/aromatic N) is 2. The lowest BCUT2D eigenvalue weighted by molar-refractivity contribution is -0.133. The van der Waals surface area contributed by atoms with Gasteiger partial charge in [0.15, 0.2) is 9.84 Å². The van der Waals surface area contributed by atoms with E-state index in [1.165, 1.54) is 5.01 Å². The molecule has 2 unspecified atom stereocenters. The van der Waals surface area contributed by atoms with Crippen LogP contribution < -0.4 is 5.32 Å². The van der Waals surface area contributed by atoms with Crippen molar-refractivity contribution in [2.45, 2.75) is 31.3 Å². The molecule has 2 aromatic carbocycles. The topological polar surface area (TPSA) is 95.9 Å². The summed E-state index contributed by atoms with van der Waals surface area (Å²) >= 11 is 6.02. The fourth-order valence-electron chi connectivity index (χ4n) is 3.86. The lowest BCUT2D eigenvalue weighted by Gasteiger charge is -2.28. The predicted molar refractivity (Wildman–Crippen MR) is 118 cm³/mol. The van der Waals surface area contributed by atoms with Gasteiger partial charge in [0, 0.05) is 17.9 Å². The minimum absolute atomic E-state index is 0.0329. The molecular weight excluding hydrogens is 438 g/mol. The SMILES string of the molecule is O=C(NC(c1ccccc1)c1ccc(Cl)cc1)C1=NN(C2CCS(=O)(=O)C2)C(=O)CC1. The van der Waals surface area contributed by atoms with Gasteiger partial charge in [-0.25, -0.2) is 13.4 Å². The Morgan fingerprint density at radius 3 is 2.39 bits per heavy atom. The molecule has 1 fully saturated rings. The van der Waals surface area contributed by atoms with E-state index in [2.05, 4.69) is 10.4 Å². The van der Waals surface area contributed by atoms with E-state index in [-0.39, 0.29) is 41.9 Å². The van der Waals surface area contributed by atoms with Gasteiger partial charge in [0.25, 0.3) is 5.91 Å². The summed E-state index contributed by atoms with van der Waals surface area (Å²) in [5.41, 5.74) is 1.97. The molecule has 0 bridgehead atoms. The third-order valence-corrected chi connectivity index (χ3v) is 7.49. The lowest BCUT2D eigenvalue weighted by Crippen LogP contribution is -2.44. The van der Waals surface area contributed by atoms with Crippen molar-refractivity contribution in [2.24, 2.45) is 5.10 Å². The van der Waals surface area contributed by atoms with E-state index >= 15 is 0 Å². The number of benzene rings is 2. The number of nitrogens with one attached hydrogen (secondary N) is 1. The zero-order valence-electron chi connectivity index (χ0n) is 16.7. The van der Waals surface area contributed by atoms with Crippen LogP contribution in [0.2, 0.25) is 5.02 Å². The number of hydrazone groups is 1. The van der Waals surface area contributed by atoms with Gasteiger partial charge in [0.1, 0.15) is 5.71 Å². The van der Waals surface area contributed by atoms with Crippen LogP contribution in [0.25, 0.3) is 0 Å². The molecule has 0 radical (unpaired) electrons. The molecule has 2 aliphatic rings. The number of sulfone groups is 1. The molecule has 2 atom stereocenters. The van der Waals surface area contributed by atoms with Gasteiger partial charge in [0.2, 0.25) is 5.91 Å². The first kappa shape index (κ1) is 21.5. The van der Waals surface area contributed by atoms with Crippen molar-refractivity contribution in [2.75, 3.05) is 11.5 Å². The molecule has 0 saturated carbocycles. The van der Waals surface area contributed by atoms with E-state index in [0.717, 1.165) is 11.1 Å². The number of carbonyl (C=O) groups excluding carboxylic acids is 2. The van der Waals surface area contributed by atoms with Crippen LogP contribution in [0.4, 0.5) is 0 Å². The minimum Gasteiger partial charge on any atom is -0.340 e. The van der Waals surface area contributed by atoms with Crippen LogP contribution in [0.15, 0.2) is 59.7 Å². The summed E-state index contributed by atoms with van der Waals surface area (Å²) in [4.78, 5) is 25.4. The molecule has 2 aromatic rings. The summed E-state index contributed by atoms with van der Waals surface area (Å²) in [5.74, 6) is -0.724. The average molecular weight is 460 g/mol. The van der Waals surface area contributed by atoms with E-state index in [1.807, 2.05) is 42.5 Å². The van der Waals surface area contributed by atoms with Crippen molar-refractivity contribution in [1.82, 2.24) is 10.3 Å². The highest BCUT2D eigenvalue weighted by atomic mass is 35.5. The fourth-order valence-corrected chi connectivity index (χ4v) is 5.68. The minimum atomic E-state index is -3.18. The molecule has 2 heterocycles. The molecule has 9 heteroatoms. The largest absolute Gasteiger partial charge is 0.340 e. The standard InChI is InChI=1S/C22H22ClN3O4S/c23-17-8-6-16(7-9-17)21(15-4-2-1-3-5-15)24-22(28)19-10-11-20(27)26(25-19)18-12-13-31(29,30)14-18/h1-9,18,21H,10-14H2,(H,24,28). The van der Waals surface area contributed by atoms with Crippen molar-refractivity contribution in [3.63, 3.8) is 0 Å². The summed E-state index contributed by atoms with van der Waals surface area (Å²) < 4.78 is 23.6. The molecule has 0 aromatic heterocycles. The van der Waals surface area contributed by atoms with Crippen molar-refractivity contribution >= 4 is 39.0 Å². The van der Waals surface area contributed by atoms with Gasteiger partial charge < -0.3 is 5.32 Å². The Morgan fingerprint density at radius 2 is 1.74 bits per heavy atom. The Balaban J connectivity index is 1.58. The van der Waals surface area contributed by atoms with Gasteiger partial charge >= 0.3 is 0 Å². The van der Waals surface area contributed by atoms with Crippen LogP contribution in [0.3, 0.4) is 0 Å². The zero-order chi connectivity index (χ0) is 22.0. The Morgan fingerprint density at radius 1 is 1.06 bits per heavy atom. The molecule has 4 rings (SSSR count). The molecule has 2 aliphatic heterocycles. The third kappa shape index (κ3) is 4.97. The normalized spacial score (nSPS) is 21.5. The highest BCUT2D eigenvalue weighted by Gasteiger charge is 2.37. The van der Waals surface area contributed by atoms with E-state index in [9.17, 15) is 18.0 Å². The molecular formula is C22H22ClN3O4S.